The molecule has 0 atom stereocenters. The first-order chi connectivity index (χ1) is 6.86. The number of likely N-dealkylation sites (tertiary alicyclic amines) is 2. The van der Waals surface area contributed by atoms with Gasteiger partial charge in [-0.3, -0.25) is 5.41 Å². The normalized spacial score (nSPS) is 24.6. The monoisotopic (exact) mass is 195 g/mol. The average Bonchev–Trinajstić information content (AvgIpc) is 2.63. The van der Waals surface area contributed by atoms with E-state index in [2.05, 4.69) is 9.80 Å². The third kappa shape index (κ3) is 2.47. The van der Waals surface area contributed by atoms with Crippen LogP contribution in [0.15, 0.2) is 0 Å². The zero-order valence-corrected chi connectivity index (χ0v) is 8.97. The summed E-state index contributed by atoms with van der Waals surface area (Å²) in [5.41, 5.74) is 0. The van der Waals surface area contributed by atoms with Gasteiger partial charge in [0.25, 0.3) is 0 Å². The van der Waals surface area contributed by atoms with Crippen LogP contribution in [0.3, 0.4) is 0 Å². The molecule has 2 rings (SSSR count). The summed E-state index contributed by atoms with van der Waals surface area (Å²) in [7, 11) is 0. The van der Waals surface area contributed by atoms with Gasteiger partial charge in [0.05, 0.1) is 5.84 Å². The number of nitrogens with zero attached hydrogens (tertiary/aromatic N) is 2. The molecule has 14 heavy (non-hydrogen) atoms. The number of nitrogens with one attached hydrogen (secondary N) is 1. The molecular formula is C11H21N3. The van der Waals surface area contributed by atoms with Crippen LogP contribution in [0.1, 0.15) is 32.1 Å². The molecule has 2 fully saturated rings. The molecule has 0 unspecified atom stereocenters. The van der Waals surface area contributed by atoms with Crippen molar-refractivity contribution in [1.29, 1.82) is 5.41 Å². The minimum absolute atomic E-state index is 0.863. The minimum Gasteiger partial charge on any atom is -0.359 e. The average molecular weight is 195 g/mol. The van der Waals surface area contributed by atoms with Gasteiger partial charge in [-0.15, -0.1) is 0 Å². The molecule has 0 aromatic heterocycles. The summed E-state index contributed by atoms with van der Waals surface area (Å²) in [4.78, 5) is 4.80. The van der Waals surface area contributed by atoms with Crippen molar-refractivity contribution >= 4 is 5.84 Å². The molecule has 3 heteroatoms. The second-order valence-electron chi connectivity index (χ2n) is 4.44. The molecule has 0 aromatic carbocycles. The molecule has 0 aromatic rings. The van der Waals surface area contributed by atoms with Gasteiger partial charge in [0.2, 0.25) is 0 Å². The summed E-state index contributed by atoms with van der Waals surface area (Å²) < 4.78 is 0. The first-order valence-corrected chi connectivity index (χ1v) is 5.91. The molecule has 1 N–H and O–H groups in total. The Balaban J connectivity index is 1.68. The highest BCUT2D eigenvalue weighted by Gasteiger charge is 2.17. The van der Waals surface area contributed by atoms with Gasteiger partial charge in [-0.1, -0.05) is 6.42 Å². The van der Waals surface area contributed by atoms with E-state index in [0.717, 1.165) is 25.3 Å². The molecule has 80 valence electrons. The SMILES string of the molecule is N=C1CCCN1CCN1CCCCC1. The Morgan fingerprint density at radius 3 is 2.36 bits per heavy atom. The molecule has 0 saturated carbocycles. The fourth-order valence-electron chi connectivity index (χ4n) is 2.42. The van der Waals surface area contributed by atoms with Crippen LogP contribution in [0.5, 0.6) is 0 Å². The quantitative estimate of drug-likeness (QED) is 0.740. The van der Waals surface area contributed by atoms with Crippen LogP contribution in [0.2, 0.25) is 0 Å². The van der Waals surface area contributed by atoms with Crippen LogP contribution in [0.25, 0.3) is 0 Å². The highest BCUT2D eigenvalue weighted by molar-refractivity contribution is 5.80. The highest BCUT2D eigenvalue weighted by atomic mass is 15.2. The van der Waals surface area contributed by atoms with E-state index in [1.165, 1.54) is 45.3 Å². The Hall–Kier alpha value is -0.570. The topological polar surface area (TPSA) is 30.3 Å². The Labute approximate surface area is 86.6 Å². The molecule has 2 heterocycles. The van der Waals surface area contributed by atoms with Gasteiger partial charge in [0.1, 0.15) is 0 Å². The van der Waals surface area contributed by atoms with E-state index in [9.17, 15) is 0 Å². The second-order valence-corrected chi connectivity index (χ2v) is 4.44. The van der Waals surface area contributed by atoms with E-state index in [0.29, 0.717) is 0 Å². The standard InChI is InChI=1S/C11H21N3/c12-11-5-4-8-14(11)10-9-13-6-2-1-3-7-13/h12H,1-10H2. The molecular weight excluding hydrogens is 174 g/mol. The highest BCUT2D eigenvalue weighted by Crippen LogP contribution is 2.11. The van der Waals surface area contributed by atoms with E-state index in [1.54, 1.807) is 0 Å². The first-order valence-electron chi connectivity index (χ1n) is 5.91. The van der Waals surface area contributed by atoms with Gasteiger partial charge < -0.3 is 9.80 Å². The van der Waals surface area contributed by atoms with Gasteiger partial charge in [-0.05, 0) is 32.4 Å². The van der Waals surface area contributed by atoms with Gasteiger partial charge >= 0.3 is 0 Å². The zero-order valence-electron chi connectivity index (χ0n) is 8.97. The fraction of sp³-hybridized carbons (Fsp3) is 0.909. The molecule has 3 nitrogen and oxygen atoms in total. The zero-order chi connectivity index (χ0) is 9.80. The van der Waals surface area contributed by atoms with Crippen molar-refractivity contribution in [3.8, 4) is 0 Å². The van der Waals surface area contributed by atoms with E-state index in [1.807, 2.05) is 0 Å². The minimum atomic E-state index is 0.863. The van der Waals surface area contributed by atoms with Crippen LogP contribution in [0, 0.1) is 5.41 Å². The lowest BCUT2D eigenvalue weighted by molar-refractivity contribution is 0.213. The van der Waals surface area contributed by atoms with Gasteiger partial charge in [0, 0.05) is 26.1 Å². The van der Waals surface area contributed by atoms with E-state index >= 15 is 0 Å². The Morgan fingerprint density at radius 1 is 0.929 bits per heavy atom. The predicted octanol–water partition coefficient (Wildman–Crippen LogP) is 1.55. The first kappa shape index (κ1) is 9.97. The Bertz CT molecular complexity index is 197. The summed E-state index contributed by atoms with van der Waals surface area (Å²) in [5.74, 6) is 0.863. The molecule has 2 saturated heterocycles. The maximum atomic E-state index is 7.73. The number of rotatable bonds is 3. The molecule has 2 aliphatic heterocycles. The number of piperidine rings is 1. The van der Waals surface area contributed by atoms with Crippen LogP contribution >= 0.6 is 0 Å². The van der Waals surface area contributed by atoms with Crippen molar-refractivity contribution < 1.29 is 0 Å². The van der Waals surface area contributed by atoms with Gasteiger partial charge in [0.15, 0.2) is 0 Å². The lowest BCUT2D eigenvalue weighted by atomic mass is 10.1. The lowest BCUT2D eigenvalue weighted by Crippen LogP contribution is -2.38. The van der Waals surface area contributed by atoms with E-state index in [4.69, 9.17) is 5.41 Å². The molecule has 0 amide bonds. The second kappa shape index (κ2) is 4.78. The lowest BCUT2D eigenvalue weighted by Gasteiger charge is -2.28. The van der Waals surface area contributed by atoms with Crippen molar-refractivity contribution in [3.63, 3.8) is 0 Å². The van der Waals surface area contributed by atoms with E-state index < -0.39 is 0 Å². The maximum absolute atomic E-state index is 7.73. The predicted molar refractivity (Wildman–Crippen MR) is 58.8 cm³/mol. The third-order valence-corrected chi connectivity index (χ3v) is 3.36. The molecule has 0 aliphatic carbocycles. The van der Waals surface area contributed by atoms with Crippen LogP contribution in [0.4, 0.5) is 0 Å². The smallest absolute Gasteiger partial charge is 0.0958 e. The molecule has 0 radical (unpaired) electrons. The van der Waals surface area contributed by atoms with Crippen molar-refractivity contribution in [2.45, 2.75) is 32.1 Å². The summed E-state index contributed by atoms with van der Waals surface area (Å²) in [6.07, 6.45) is 6.35. The van der Waals surface area contributed by atoms with Crippen molar-refractivity contribution in [1.82, 2.24) is 9.80 Å². The van der Waals surface area contributed by atoms with Gasteiger partial charge in [-0.2, -0.15) is 0 Å². The Morgan fingerprint density at radius 2 is 1.71 bits per heavy atom. The number of hydrogen-bond donors (Lipinski definition) is 1. The van der Waals surface area contributed by atoms with Crippen molar-refractivity contribution in [2.75, 3.05) is 32.7 Å². The molecule has 0 bridgehead atoms. The van der Waals surface area contributed by atoms with Crippen LogP contribution in [-0.4, -0.2) is 48.4 Å². The van der Waals surface area contributed by atoms with E-state index in [-0.39, 0.29) is 0 Å². The van der Waals surface area contributed by atoms with Crippen LogP contribution < -0.4 is 0 Å². The fourth-order valence-corrected chi connectivity index (χ4v) is 2.42. The Kier molecular flexibility index (Phi) is 3.40. The van der Waals surface area contributed by atoms with Crippen LogP contribution in [-0.2, 0) is 0 Å². The van der Waals surface area contributed by atoms with Gasteiger partial charge in [-0.25, -0.2) is 0 Å². The molecule has 2 aliphatic rings. The summed E-state index contributed by atoms with van der Waals surface area (Å²) in [5, 5.41) is 7.73. The summed E-state index contributed by atoms with van der Waals surface area (Å²) in [6, 6.07) is 0. The number of hydrogen-bond acceptors (Lipinski definition) is 2. The van der Waals surface area contributed by atoms with Crippen molar-refractivity contribution in [3.05, 3.63) is 0 Å². The number of amidine groups is 1. The van der Waals surface area contributed by atoms with Crippen molar-refractivity contribution in [2.24, 2.45) is 0 Å². The maximum Gasteiger partial charge on any atom is 0.0958 e. The molecule has 0 spiro atoms. The third-order valence-electron chi connectivity index (χ3n) is 3.36. The largest absolute Gasteiger partial charge is 0.359 e. The summed E-state index contributed by atoms with van der Waals surface area (Å²) >= 11 is 0. The summed E-state index contributed by atoms with van der Waals surface area (Å²) in [6.45, 7) is 5.93.